The van der Waals surface area contributed by atoms with Crippen molar-refractivity contribution in [3.63, 3.8) is 0 Å². The molecule has 2 aliphatic heterocycles. The first-order valence-electron chi connectivity index (χ1n) is 8.28. The highest BCUT2D eigenvalue weighted by Gasteiger charge is 2.40. The highest BCUT2D eigenvalue weighted by atomic mass is 32.2. The second kappa shape index (κ2) is 7.00. The number of methoxy groups -OCH3 is 1. The van der Waals surface area contributed by atoms with E-state index >= 15 is 0 Å². The van der Waals surface area contributed by atoms with Crippen LogP contribution in [-0.2, 0) is 20.0 Å². The summed E-state index contributed by atoms with van der Waals surface area (Å²) < 4.78 is 34.1. The third-order valence-corrected chi connectivity index (χ3v) is 6.89. The van der Waals surface area contributed by atoms with Gasteiger partial charge in [0.1, 0.15) is 5.75 Å². The predicted octanol–water partition coefficient (Wildman–Crippen LogP) is 0.491. The second-order valence-corrected chi connectivity index (χ2v) is 8.91. The number of benzene rings is 1. The average molecular weight is 355 g/mol. The maximum atomic E-state index is 11.7. The lowest BCUT2D eigenvalue weighted by Gasteiger charge is -2.39. The molecule has 0 spiro atoms. The molecule has 0 amide bonds. The molecule has 2 fully saturated rings. The van der Waals surface area contributed by atoms with Gasteiger partial charge < -0.3 is 19.9 Å². The lowest BCUT2D eigenvalue weighted by molar-refractivity contribution is 0.0469. The van der Waals surface area contributed by atoms with E-state index in [1.165, 1.54) is 5.56 Å². The summed E-state index contributed by atoms with van der Waals surface area (Å²) in [5.41, 5.74) is 1.07. The normalized spacial score (nSPS) is 28.6. The standard InChI is InChI=1S/C17H25NO5S/c1-22-14-4-2-13(3-5-14)17(6-8-23-9-7-17)12-18-15-10-24(20,21)11-16(15)19/h2-5,15-16,18-19H,6-12H2,1H3/t15-,16-/m0/s1. The van der Waals surface area contributed by atoms with Crippen LogP contribution in [0.3, 0.4) is 0 Å². The van der Waals surface area contributed by atoms with Crippen LogP contribution in [0.5, 0.6) is 5.75 Å². The van der Waals surface area contributed by atoms with Gasteiger partial charge in [-0.15, -0.1) is 0 Å². The number of sulfone groups is 1. The fraction of sp³-hybridized carbons (Fsp3) is 0.647. The second-order valence-electron chi connectivity index (χ2n) is 6.75. The molecule has 0 radical (unpaired) electrons. The molecule has 0 aromatic heterocycles. The summed E-state index contributed by atoms with van der Waals surface area (Å²) in [5, 5.41) is 13.3. The molecule has 7 heteroatoms. The Morgan fingerprint density at radius 1 is 1.25 bits per heavy atom. The lowest BCUT2D eigenvalue weighted by atomic mass is 9.74. The zero-order chi connectivity index (χ0) is 17.2. The number of rotatable bonds is 5. The van der Waals surface area contributed by atoms with Crippen LogP contribution in [0.2, 0.25) is 0 Å². The summed E-state index contributed by atoms with van der Waals surface area (Å²) in [7, 11) is -1.50. The molecule has 3 rings (SSSR count). The first-order valence-corrected chi connectivity index (χ1v) is 10.1. The van der Waals surface area contributed by atoms with Crippen molar-refractivity contribution >= 4 is 9.84 Å². The first-order chi connectivity index (χ1) is 11.4. The smallest absolute Gasteiger partial charge is 0.154 e. The molecule has 1 aromatic carbocycles. The van der Waals surface area contributed by atoms with Crippen LogP contribution in [0.1, 0.15) is 18.4 Å². The van der Waals surface area contributed by atoms with E-state index in [4.69, 9.17) is 9.47 Å². The number of aliphatic hydroxyl groups excluding tert-OH is 1. The van der Waals surface area contributed by atoms with Crippen molar-refractivity contribution in [3.8, 4) is 5.75 Å². The van der Waals surface area contributed by atoms with Crippen molar-refractivity contribution in [2.24, 2.45) is 0 Å². The number of hydrogen-bond acceptors (Lipinski definition) is 6. The van der Waals surface area contributed by atoms with Crippen molar-refractivity contribution in [1.29, 1.82) is 0 Å². The van der Waals surface area contributed by atoms with Crippen LogP contribution in [0.25, 0.3) is 0 Å². The topological polar surface area (TPSA) is 84.9 Å². The number of nitrogens with one attached hydrogen (secondary N) is 1. The Kier molecular flexibility index (Phi) is 5.15. The van der Waals surface area contributed by atoms with Gasteiger partial charge in [-0.3, -0.25) is 0 Å². The van der Waals surface area contributed by atoms with Gasteiger partial charge in [0, 0.05) is 31.2 Å². The maximum absolute atomic E-state index is 11.7. The first kappa shape index (κ1) is 17.7. The van der Waals surface area contributed by atoms with E-state index in [-0.39, 0.29) is 16.9 Å². The van der Waals surface area contributed by atoms with Crippen molar-refractivity contribution in [1.82, 2.24) is 5.32 Å². The summed E-state index contributed by atoms with van der Waals surface area (Å²) in [6.07, 6.45) is 0.895. The fourth-order valence-corrected chi connectivity index (χ4v) is 5.40. The van der Waals surface area contributed by atoms with Crippen molar-refractivity contribution in [2.75, 3.05) is 38.4 Å². The quantitative estimate of drug-likeness (QED) is 0.800. The number of ether oxygens (including phenoxy) is 2. The highest BCUT2D eigenvalue weighted by molar-refractivity contribution is 7.91. The van der Waals surface area contributed by atoms with Gasteiger partial charge in [-0.1, -0.05) is 12.1 Å². The Morgan fingerprint density at radius 2 is 1.92 bits per heavy atom. The third kappa shape index (κ3) is 3.74. The van der Waals surface area contributed by atoms with Crippen LogP contribution in [0.15, 0.2) is 24.3 Å². The van der Waals surface area contributed by atoms with Gasteiger partial charge >= 0.3 is 0 Å². The van der Waals surface area contributed by atoms with Gasteiger partial charge in [-0.05, 0) is 30.5 Å². The lowest BCUT2D eigenvalue weighted by Crippen LogP contribution is -2.49. The summed E-state index contributed by atoms with van der Waals surface area (Å²) >= 11 is 0. The number of aliphatic hydroxyl groups is 1. The van der Waals surface area contributed by atoms with E-state index in [9.17, 15) is 13.5 Å². The van der Waals surface area contributed by atoms with Crippen molar-refractivity contribution in [3.05, 3.63) is 29.8 Å². The largest absolute Gasteiger partial charge is 0.497 e. The summed E-state index contributed by atoms with van der Waals surface area (Å²) in [4.78, 5) is 0. The molecular formula is C17H25NO5S. The Balaban J connectivity index is 1.76. The molecule has 0 unspecified atom stereocenters. The molecule has 0 saturated carbocycles. The molecule has 2 saturated heterocycles. The molecule has 1 aromatic rings. The van der Waals surface area contributed by atoms with Crippen LogP contribution in [0.4, 0.5) is 0 Å². The van der Waals surface area contributed by atoms with Crippen LogP contribution in [0, 0.1) is 0 Å². The Morgan fingerprint density at radius 3 is 2.46 bits per heavy atom. The Hall–Kier alpha value is -1.15. The minimum absolute atomic E-state index is 0.00333. The van der Waals surface area contributed by atoms with E-state index in [2.05, 4.69) is 17.4 Å². The van der Waals surface area contributed by atoms with Gasteiger partial charge in [0.15, 0.2) is 9.84 Å². The molecule has 24 heavy (non-hydrogen) atoms. The molecular weight excluding hydrogens is 330 g/mol. The Bertz CT molecular complexity index is 652. The molecule has 0 aliphatic carbocycles. The van der Waals surface area contributed by atoms with Gasteiger partial charge in [0.25, 0.3) is 0 Å². The summed E-state index contributed by atoms with van der Waals surface area (Å²) in [6, 6.07) is 7.62. The summed E-state index contributed by atoms with van der Waals surface area (Å²) in [5.74, 6) is 0.665. The zero-order valence-corrected chi connectivity index (χ0v) is 14.7. The summed E-state index contributed by atoms with van der Waals surface area (Å²) in [6.45, 7) is 1.98. The SMILES string of the molecule is COc1ccc(C2(CN[C@H]3CS(=O)(=O)C[C@@H]3O)CCOCC2)cc1. The van der Waals surface area contributed by atoms with E-state index in [1.54, 1.807) is 7.11 Å². The third-order valence-electron chi connectivity index (χ3n) is 5.18. The van der Waals surface area contributed by atoms with Crippen molar-refractivity contribution in [2.45, 2.75) is 30.4 Å². The highest BCUT2D eigenvalue weighted by Crippen LogP contribution is 2.35. The average Bonchev–Trinajstić information content (AvgIpc) is 2.86. The van der Waals surface area contributed by atoms with E-state index in [0.29, 0.717) is 19.8 Å². The minimum Gasteiger partial charge on any atom is -0.497 e. The molecule has 134 valence electrons. The van der Waals surface area contributed by atoms with Crippen molar-refractivity contribution < 1.29 is 23.0 Å². The number of hydrogen-bond donors (Lipinski definition) is 2. The van der Waals surface area contributed by atoms with Gasteiger partial charge in [-0.2, -0.15) is 0 Å². The van der Waals surface area contributed by atoms with E-state index in [1.807, 2.05) is 12.1 Å². The molecule has 2 atom stereocenters. The van der Waals surface area contributed by atoms with Gasteiger partial charge in [-0.25, -0.2) is 8.42 Å². The zero-order valence-electron chi connectivity index (χ0n) is 13.9. The molecule has 2 heterocycles. The van der Waals surface area contributed by atoms with E-state index < -0.39 is 22.0 Å². The van der Waals surface area contributed by atoms with Crippen LogP contribution < -0.4 is 10.1 Å². The van der Waals surface area contributed by atoms with Crippen LogP contribution in [-0.4, -0.2) is 64.0 Å². The fourth-order valence-electron chi connectivity index (χ4n) is 3.62. The monoisotopic (exact) mass is 355 g/mol. The molecule has 0 bridgehead atoms. The van der Waals surface area contributed by atoms with E-state index in [0.717, 1.165) is 18.6 Å². The predicted molar refractivity (Wildman–Crippen MR) is 91.2 cm³/mol. The Labute approximate surface area is 143 Å². The maximum Gasteiger partial charge on any atom is 0.154 e. The molecule has 2 aliphatic rings. The van der Waals surface area contributed by atoms with Gasteiger partial charge in [0.2, 0.25) is 0 Å². The molecule has 6 nitrogen and oxygen atoms in total. The van der Waals surface area contributed by atoms with Gasteiger partial charge in [0.05, 0.1) is 24.7 Å². The molecule has 2 N–H and O–H groups in total. The minimum atomic E-state index is -3.14. The van der Waals surface area contributed by atoms with Crippen LogP contribution >= 0.6 is 0 Å².